The second-order valence-electron chi connectivity index (χ2n) is 5.89. The van der Waals surface area contributed by atoms with Crippen LogP contribution in [0.2, 0.25) is 0 Å². The van der Waals surface area contributed by atoms with Crippen molar-refractivity contribution in [3.05, 3.63) is 29.6 Å². The fraction of sp³-hybridized carbons (Fsp3) is 0.647. The van der Waals surface area contributed by atoms with Crippen molar-refractivity contribution in [1.82, 2.24) is 5.32 Å². The molecule has 112 valence electrons. The lowest BCUT2D eigenvalue weighted by molar-refractivity contribution is 0.303. The summed E-state index contributed by atoms with van der Waals surface area (Å²) >= 11 is 0. The van der Waals surface area contributed by atoms with E-state index in [1.165, 1.54) is 39.2 Å². The molecule has 20 heavy (non-hydrogen) atoms. The Kier molecular flexibility index (Phi) is 5.84. The number of hydrogen-bond donors (Lipinski definition) is 1. The van der Waals surface area contributed by atoms with Crippen LogP contribution in [0.4, 0.5) is 4.39 Å². The average molecular weight is 279 g/mol. The SMILES string of the molecule is CNCC1CCCCCC1Cc1ccc(OC)c(F)c1. The van der Waals surface area contributed by atoms with Crippen LogP contribution in [0.25, 0.3) is 0 Å². The molecule has 2 rings (SSSR count). The van der Waals surface area contributed by atoms with Gasteiger partial charge in [-0.2, -0.15) is 0 Å². The summed E-state index contributed by atoms with van der Waals surface area (Å²) in [5.41, 5.74) is 1.09. The molecule has 2 atom stereocenters. The topological polar surface area (TPSA) is 21.3 Å². The number of benzene rings is 1. The molecule has 1 fully saturated rings. The Morgan fingerprint density at radius 1 is 1.20 bits per heavy atom. The third kappa shape index (κ3) is 3.95. The normalized spacial score (nSPS) is 23.4. The Labute approximate surface area is 121 Å². The highest BCUT2D eigenvalue weighted by molar-refractivity contribution is 5.29. The molecule has 0 aliphatic heterocycles. The van der Waals surface area contributed by atoms with Gasteiger partial charge in [-0.3, -0.25) is 0 Å². The lowest BCUT2D eigenvalue weighted by atomic mass is 9.83. The summed E-state index contributed by atoms with van der Waals surface area (Å²) in [5.74, 6) is 1.47. The van der Waals surface area contributed by atoms with E-state index in [0.717, 1.165) is 18.5 Å². The number of rotatable bonds is 5. The highest BCUT2D eigenvalue weighted by Crippen LogP contribution is 2.31. The summed E-state index contributed by atoms with van der Waals surface area (Å²) in [5, 5.41) is 3.32. The van der Waals surface area contributed by atoms with E-state index in [-0.39, 0.29) is 5.82 Å². The summed E-state index contributed by atoms with van der Waals surface area (Å²) < 4.78 is 18.8. The van der Waals surface area contributed by atoms with Crippen LogP contribution < -0.4 is 10.1 Å². The molecule has 0 aromatic heterocycles. The van der Waals surface area contributed by atoms with Crippen LogP contribution in [0.15, 0.2) is 18.2 Å². The zero-order valence-corrected chi connectivity index (χ0v) is 12.6. The predicted octanol–water partition coefficient (Wildman–Crippen LogP) is 3.79. The van der Waals surface area contributed by atoms with Crippen molar-refractivity contribution in [1.29, 1.82) is 0 Å². The maximum Gasteiger partial charge on any atom is 0.165 e. The van der Waals surface area contributed by atoms with Gasteiger partial charge in [-0.25, -0.2) is 4.39 Å². The highest BCUT2D eigenvalue weighted by atomic mass is 19.1. The summed E-state index contributed by atoms with van der Waals surface area (Å²) in [4.78, 5) is 0. The first-order valence-electron chi connectivity index (χ1n) is 7.71. The van der Waals surface area contributed by atoms with Crippen LogP contribution in [0.5, 0.6) is 5.75 Å². The van der Waals surface area contributed by atoms with Gasteiger partial charge < -0.3 is 10.1 Å². The monoisotopic (exact) mass is 279 g/mol. The molecule has 1 aromatic carbocycles. The zero-order chi connectivity index (χ0) is 14.4. The average Bonchev–Trinajstić information content (AvgIpc) is 2.65. The molecule has 0 spiro atoms. The maximum absolute atomic E-state index is 13.8. The number of hydrogen-bond acceptors (Lipinski definition) is 2. The fourth-order valence-corrected chi connectivity index (χ4v) is 3.40. The minimum atomic E-state index is -0.246. The number of ether oxygens (including phenoxy) is 1. The smallest absolute Gasteiger partial charge is 0.165 e. The summed E-state index contributed by atoms with van der Waals surface area (Å²) in [6, 6.07) is 5.39. The molecule has 0 amide bonds. The van der Waals surface area contributed by atoms with Crippen molar-refractivity contribution >= 4 is 0 Å². The second kappa shape index (κ2) is 7.63. The number of halogens is 1. The zero-order valence-electron chi connectivity index (χ0n) is 12.6. The molecule has 1 N–H and O–H groups in total. The van der Waals surface area contributed by atoms with Crippen molar-refractivity contribution in [2.45, 2.75) is 38.5 Å². The van der Waals surface area contributed by atoms with E-state index < -0.39 is 0 Å². The number of methoxy groups -OCH3 is 1. The van der Waals surface area contributed by atoms with Gasteiger partial charge in [-0.05, 0) is 62.4 Å². The van der Waals surface area contributed by atoms with Gasteiger partial charge in [-0.15, -0.1) is 0 Å². The molecule has 0 bridgehead atoms. The largest absolute Gasteiger partial charge is 0.494 e. The quantitative estimate of drug-likeness (QED) is 0.828. The van der Waals surface area contributed by atoms with Gasteiger partial charge in [0.15, 0.2) is 11.6 Å². The molecule has 2 unspecified atom stereocenters. The van der Waals surface area contributed by atoms with Gasteiger partial charge in [0.2, 0.25) is 0 Å². The summed E-state index contributed by atoms with van der Waals surface area (Å²) in [6.45, 7) is 1.07. The third-order valence-corrected chi connectivity index (χ3v) is 4.50. The predicted molar refractivity (Wildman–Crippen MR) is 80.6 cm³/mol. The standard InChI is InChI=1S/C17H26FNO/c1-19-12-15-7-5-3-4-6-14(15)10-13-8-9-17(20-2)16(18)11-13/h8-9,11,14-15,19H,3-7,10,12H2,1-2H3. The first kappa shape index (κ1) is 15.3. The molecular formula is C17H26FNO. The van der Waals surface area contributed by atoms with E-state index in [4.69, 9.17) is 4.74 Å². The minimum absolute atomic E-state index is 0.246. The molecule has 3 heteroatoms. The molecule has 1 aliphatic rings. The van der Waals surface area contributed by atoms with Crippen molar-refractivity contribution in [2.24, 2.45) is 11.8 Å². The van der Waals surface area contributed by atoms with E-state index in [2.05, 4.69) is 5.32 Å². The lowest BCUT2D eigenvalue weighted by Gasteiger charge is -2.25. The Balaban J connectivity index is 2.07. The summed E-state index contributed by atoms with van der Waals surface area (Å²) in [7, 11) is 3.53. The van der Waals surface area contributed by atoms with Gasteiger partial charge in [0.05, 0.1) is 7.11 Å². The molecule has 2 nitrogen and oxygen atoms in total. The van der Waals surface area contributed by atoms with Crippen LogP contribution in [0.3, 0.4) is 0 Å². The van der Waals surface area contributed by atoms with Gasteiger partial charge in [-0.1, -0.05) is 25.3 Å². The van der Waals surface area contributed by atoms with Crippen LogP contribution in [-0.2, 0) is 6.42 Å². The number of nitrogens with one attached hydrogen (secondary N) is 1. The lowest BCUT2D eigenvalue weighted by Crippen LogP contribution is -2.26. The Hall–Kier alpha value is -1.09. The fourth-order valence-electron chi connectivity index (χ4n) is 3.40. The minimum Gasteiger partial charge on any atom is -0.494 e. The van der Waals surface area contributed by atoms with Gasteiger partial charge >= 0.3 is 0 Å². The first-order valence-corrected chi connectivity index (χ1v) is 7.71. The van der Waals surface area contributed by atoms with E-state index in [0.29, 0.717) is 17.6 Å². The van der Waals surface area contributed by atoms with E-state index in [1.54, 1.807) is 12.1 Å². The van der Waals surface area contributed by atoms with Crippen LogP contribution in [0.1, 0.15) is 37.7 Å². The van der Waals surface area contributed by atoms with Crippen LogP contribution in [0, 0.1) is 17.7 Å². The molecule has 1 aromatic rings. The third-order valence-electron chi connectivity index (χ3n) is 4.50. The molecule has 1 aliphatic carbocycles. The van der Waals surface area contributed by atoms with Gasteiger partial charge in [0.25, 0.3) is 0 Å². The maximum atomic E-state index is 13.8. The molecule has 1 saturated carbocycles. The summed E-state index contributed by atoms with van der Waals surface area (Å²) in [6.07, 6.45) is 7.52. The van der Waals surface area contributed by atoms with Crippen molar-refractivity contribution < 1.29 is 9.13 Å². The second-order valence-corrected chi connectivity index (χ2v) is 5.89. The van der Waals surface area contributed by atoms with Crippen molar-refractivity contribution in [3.8, 4) is 5.75 Å². The van der Waals surface area contributed by atoms with Gasteiger partial charge in [0.1, 0.15) is 0 Å². The molecule has 0 heterocycles. The molecule has 0 radical (unpaired) electrons. The van der Waals surface area contributed by atoms with Crippen LogP contribution in [-0.4, -0.2) is 20.7 Å². The van der Waals surface area contributed by atoms with E-state index >= 15 is 0 Å². The molecule has 0 saturated heterocycles. The van der Waals surface area contributed by atoms with Crippen molar-refractivity contribution in [3.63, 3.8) is 0 Å². The Morgan fingerprint density at radius 3 is 2.60 bits per heavy atom. The highest BCUT2D eigenvalue weighted by Gasteiger charge is 2.23. The Bertz CT molecular complexity index is 421. The molecular weight excluding hydrogens is 253 g/mol. The van der Waals surface area contributed by atoms with Crippen molar-refractivity contribution in [2.75, 3.05) is 20.7 Å². The van der Waals surface area contributed by atoms with Crippen LogP contribution >= 0.6 is 0 Å². The van der Waals surface area contributed by atoms with Gasteiger partial charge in [0, 0.05) is 0 Å². The first-order chi connectivity index (χ1) is 9.74. The van der Waals surface area contributed by atoms with E-state index in [9.17, 15) is 4.39 Å². The Morgan fingerprint density at radius 2 is 1.95 bits per heavy atom. The van der Waals surface area contributed by atoms with E-state index in [1.807, 2.05) is 13.1 Å².